The Bertz CT molecular complexity index is 611. The van der Waals surface area contributed by atoms with Crippen molar-refractivity contribution in [2.45, 2.75) is 32.1 Å². The Morgan fingerprint density at radius 3 is 2.55 bits per heavy atom. The van der Waals surface area contributed by atoms with Crippen molar-refractivity contribution in [2.75, 3.05) is 6.54 Å². The van der Waals surface area contributed by atoms with E-state index in [1.165, 1.54) is 4.90 Å². The molecule has 20 heavy (non-hydrogen) atoms. The van der Waals surface area contributed by atoms with E-state index in [2.05, 4.69) is 10.2 Å². The van der Waals surface area contributed by atoms with Gasteiger partial charge in [0.25, 0.3) is 0 Å². The number of hydrogen-bond acceptors (Lipinski definition) is 4. The maximum Gasteiger partial charge on any atom is 0.451 e. The van der Waals surface area contributed by atoms with Crippen molar-refractivity contribution in [1.29, 1.82) is 5.26 Å². The molecule has 0 spiro atoms. The summed E-state index contributed by atoms with van der Waals surface area (Å²) < 4.78 is 39.0. The van der Waals surface area contributed by atoms with E-state index in [-0.39, 0.29) is 31.4 Å². The van der Waals surface area contributed by atoms with Gasteiger partial charge in [-0.15, -0.1) is 10.2 Å². The summed E-state index contributed by atoms with van der Waals surface area (Å²) in [7, 11) is 0. The first-order valence-corrected chi connectivity index (χ1v) is 6.07. The summed E-state index contributed by atoms with van der Waals surface area (Å²) in [6.07, 6.45) is -3.53. The average Bonchev–Trinajstić information content (AvgIpc) is 3.08. The van der Waals surface area contributed by atoms with Gasteiger partial charge in [0.15, 0.2) is 5.82 Å². The van der Waals surface area contributed by atoms with E-state index < -0.39 is 17.4 Å². The fourth-order valence-corrected chi connectivity index (χ4v) is 2.34. The molecule has 3 rings (SSSR count). The maximum atomic E-state index is 12.7. The molecule has 1 amide bonds. The molecule has 0 atom stereocenters. The molecule has 1 aromatic heterocycles. The van der Waals surface area contributed by atoms with Crippen LogP contribution in [0.25, 0.3) is 0 Å². The average molecular weight is 285 g/mol. The van der Waals surface area contributed by atoms with Gasteiger partial charge < -0.3 is 9.47 Å². The predicted octanol–water partition coefficient (Wildman–Crippen LogP) is 0.943. The molecule has 1 aliphatic carbocycles. The Balaban J connectivity index is 1.82. The second-order valence-corrected chi connectivity index (χ2v) is 5.01. The lowest BCUT2D eigenvalue weighted by atomic mass is 10.1. The molecule has 0 saturated heterocycles. The lowest BCUT2D eigenvalue weighted by Gasteiger charge is -2.29. The molecule has 0 aromatic carbocycles. The number of carbonyl (C=O) groups is 1. The van der Waals surface area contributed by atoms with Gasteiger partial charge in [-0.05, 0) is 12.8 Å². The number of hydrogen-bond donors (Lipinski definition) is 0. The van der Waals surface area contributed by atoms with E-state index in [4.69, 9.17) is 5.26 Å². The number of carbonyl (C=O) groups excluding carboxylic acids is 1. The number of alkyl halides is 3. The zero-order chi connectivity index (χ0) is 14.5. The molecular weight excluding hydrogens is 275 g/mol. The smallest absolute Gasteiger partial charge is 0.332 e. The van der Waals surface area contributed by atoms with E-state index in [0.29, 0.717) is 12.8 Å². The Kier molecular flexibility index (Phi) is 2.54. The van der Waals surface area contributed by atoms with E-state index in [0.717, 1.165) is 4.57 Å². The Morgan fingerprint density at radius 2 is 2.00 bits per heavy atom. The summed E-state index contributed by atoms with van der Waals surface area (Å²) >= 11 is 0. The second kappa shape index (κ2) is 3.94. The van der Waals surface area contributed by atoms with E-state index in [1.807, 2.05) is 6.07 Å². The molecule has 0 radical (unpaired) electrons. The third-order valence-corrected chi connectivity index (χ3v) is 3.67. The third kappa shape index (κ3) is 1.83. The highest BCUT2D eigenvalue weighted by atomic mass is 19.4. The van der Waals surface area contributed by atoms with Crippen LogP contribution in [-0.4, -0.2) is 32.1 Å². The van der Waals surface area contributed by atoms with Crippen LogP contribution in [0.15, 0.2) is 0 Å². The highest BCUT2D eigenvalue weighted by molar-refractivity contribution is 5.88. The number of halogens is 3. The van der Waals surface area contributed by atoms with Gasteiger partial charge in [0.1, 0.15) is 5.41 Å². The largest absolute Gasteiger partial charge is 0.451 e. The first-order chi connectivity index (χ1) is 9.37. The van der Waals surface area contributed by atoms with Crippen molar-refractivity contribution in [3.8, 4) is 6.07 Å². The molecule has 2 aliphatic rings. The van der Waals surface area contributed by atoms with Gasteiger partial charge in [-0.3, -0.25) is 4.79 Å². The second-order valence-electron chi connectivity index (χ2n) is 5.01. The molecule has 0 bridgehead atoms. The number of nitriles is 1. The Labute approximate surface area is 111 Å². The molecule has 106 valence electrons. The third-order valence-electron chi connectivity index (χ3n) is 3.67. The van der Waals surface area contributed by atoms with Crippen LogP contribution in [0.1, 0.15) is 24.5 Å². The highest BCUT2D eigenvalue weighted by Crippen LogP contribution is 2.47. The lowest BCUT2D eigenvalue weighted by Crippen LogP contribution is -2.42. The van der Waals surface area contributed by atoms with Crippen molar-refractivity contribution < 1.29 is 18.0 Å². The van der Waals surface area contributed by atoms with Gasteiger partial charge in [0, 0.05) is 13.1 Å². The molecule has 1 saturated carbocycles. The first-order valence-electron chi connectivity index (χ1n) is 6.07. The zero-order valence-corrected chi connectivity index (χ0v) is 10.3. The van der Waals surface area contributed by atoms with Crippen molar-refractivity contribution in [2.24, 2.45) is 5.41 Å². The minimum Gasteiger partial charge on any atom is -0.332 e. The fraction of sp³-hybridized carbons (Fsp3) is 0.636. The van der Waals surface area contributed by atoms with Gasteiger partial charge in [0.2, 0.25) is 11.7 Å². The molecule has 2 heterocycles. The zero-order valence-electron chi connectivity index (χ0n) is 10.3. The van der Waals surface area contributed by atoms with Crippen LogP contribution in [0.3, 0.4) is 0 Å². The molecule has 1 aliphatic heterocycles. The van der Waals surface area contributed by atoms with Crippen LogP contribution in [0.2, 0.25) is 0 Å². The first kappa shape index (κ1) is 12.9. The predicted molar refractivity (Wildman–Crippen MR) is 57.7 cm³/mol. The summed E-state index contributed by atoms with van der Waals surface area (Å²) in [6.45, 7) is 0.0894. The van der Waals surface area contributed by atoms with Crippen molar-refractivity contribution in [3.05, 3.63) is 11.6 Å². The summed E-state index contributed by atoms with van der Waals surface area (Å²) in [5.74, 6) is -1.26. The minimum absolute atomic E-state index is 0.00950. The monoisotopic (exact) mass is 285 g/mol. The standard InChI is InChI=1S/C11H10F3N5O/c12-11(13,14)8-17-16-7-5-18(3-4-19(7)8)9(20)10(6-15)1-2-10/h1-5H2. The van der Waals surface area contributed by atoms with Gasteiger partial charge in [-0.2, -0.15) is 18.4 Å². The van der Waals surface area contributed by atoms with E-state index >= 15 is 0 Å². The Morgan fingerprint density at radius 1 is 1.30 bits per heavy atom. The van der Waals surface area contributed by atoms with Gasteiger partial charge in [-0.25, -0.2) is 0 Å². The van der Waals surface area contributed by atoms with E-state index in [9.17, 15) is 18.0 Å². The molecule has 0 N–H and O–H groups in total. The van der Waals surface area contributed by atoms with Gasteiger partial charge in [0.05, 0.1) is 12.6 Å². The molecular formula is C11H10F3N5O. The van der Waals surface area contributed by atoms with Crippen molar-refractivity contribution in [3.63, 3.8) is 0 Å². The summed E-state index contributed by atoms with van der Waals surface area (Å²) in [4.78, 5) is 13.5. The number of fused-ring (bicyclic) bond motifs is 1. The highest BCUT2D eigenvalue weighted by Gasteiger charge is 2.53. The van der Waals surface area contributed by atoms with Crippen LogP contribution < -0.4 is 0 Å². The van der Waals surface area contributed by atoms with Crippen LogP contribution in [0, 0.1) is 16.7 Å². The molecule has 6 nitrogen and oxygen atoms in total. The van der Waals surface area contributed by atoms with Gasteiger partial charge >= 0.3 is 6.18 Å². The van der Waals surface area contributed by atoms with Crippen LogP contribution in [-0.2, 0) is 24.1 Å². The topological polar surface area (TPSA) is 74.8 Å². The van der Waals surface area contributed by atoms with Crippen molar-refractivity contribution in [1.82, 2.24) is 19.7 Å². The van der Waals surface area contributed by atoms with Crippen LogP contribution in [0.5, 0.6) is 0 Å². The van der Waals surface area contributed by atoms with Crippen molar-refractivity contribution >= 4 is 5.91 Å². The SMILES string of the molecule is N#CC1(C(=O)N2CCn3c(nnc3C(F)(F)F)C2)CC1. The van der Waals surface area contributed by atoms with Crippen LogP contribution >= 0.6 is 0 Å². The molecule has 1 aromatic rings. The number of aromatic nitrogens is 3. The quantitative estimate of drug-likeness (QED) is 0.769. The minimum atomic E-state index is -4.55. The summed E-state index contributed by atoms with van der Waals surface area (Å²) in [6, 6.07) is 1.99. The van der Waals surface area contributed by atoms with E-state index in [1.54, 1.807) is 0 Å². The summed E-state index contributed by atoms with van der Waals surface area (Å²) in [5.41, 5.74) is -0.963. The fourth-order valence-electron chi connectivity index (χ4n) is 2.34. The Hall–Kier alpha value is -2.11. The molecule has 1 fully saturated rings. The molecule has 0 unspecified atom stereocenters. The summed E-state index contributed by atoms with van der Waals surface area (Å²) in [5, 5.41) is 15.6. The number of rotatable bonds is 1. The van der Waals surface area contributed by atoms with Crippen LogP contribution in [0.4, 0.5) is 13.2 Å². The lowest BCUT2D eigenvalue weighted by molar-refractivity contribution is -0.148. The normalized spacial score (nSPS) is 20.2. The maximum absolute atomic E-state index is 12.7. The molecule has 9 heteroatoms. The number of nitrogens with zero attached hydrogens (tertiary/aromatic N) is 5. The van der Waals surface area contributed by atoms with Gasteiger partial charge in [-0.1, -0.05) is 0 Å². The number of amides is 1.